The van der Waals surface area contributed by atoms with E-state index in [-0.39, 0.29) is 44.1 Å². The maximum absolute atomic E-state index is 12.9. The van der Waals surface area contributed by atoms with E-state index in [1.165, 1.54) is 16.8 Å². The smallest absolute Gasteiger partial charge is 0.506 e. The number of anilines is 1. The Balaban J connectivity index is 0.000000411. The molecule has 334 valence electrons. The summed E-state index contributed by atoms with van der Waals surface area (Å²) in [6.07, 6.45) is 1.67. The Labute approximate surface area is 409 Å². The molecule has 0 saturated heterocycles. The van der Waals surface area contributed by atoms with E-state index in [2.05, 4.69) is 85.5 Å². The molecular weight excluding hydrogens is 878 g/mol. The summed E-state index contributed by atoms with van der Waals surface area (Å²) in [6, 6.07) is 57.0. The second kappa shape index (κ2) is 28.6. The van der Waals surface area contributed by atoms with Crippen LogP contribution in [0.4, 0.5) is 5.69 Å². The van der Waals surface area contributed by atoms with Crippen LogP contribution in [0.25, 0.3) is 11.1 Å². The van der Waals surface area contributed by atoms with Crippen molar-refractivity contribution < 1.29 is 45.6 Å². The first-order valence-corrected chi connectivity index (χ1v) is 22.1. The fourth-order valence-electron chi connectivity index (χ4n) is 6.84. The maximum Gasteiger partial charge on any atom is 4.00 e. The van der Waals surface area contributed by atoms with Crippen molar-refractivity contribution >= 4 is 11.7 Å². The van der Waals surface area contributed by atoms with E-state index in [9.17, 15) is 9.90 Å². The van der Waals surface area contributed by atoms with Gasteiger partial charge in [-0.05, 0) is 65.1 Å². The van der Waals surface area contributed by atoms with Gasteiger partial charge in [0.15, 0.2) is 0 Å². The summed E-state index contributed by atoms with van der Waals surface area (Å²) in [5, 5.41) is 11.2. The molecule has 6 heteroatoms. The van der Waals surface area contributed by atoms with E-state index in [1.54, 1.807) is 12.1 Å². The Hall–Kier alpha value is -6.10. The largest absolute Gasteiger partial charge is 4.00 e. The topological polar surface area (TPSA) is 59.0 Å². The second-order valence-electron chi connectivity index (χ2n) is 16.1. The zero-order chi connectivity index (χ0) is 46.3. The first-order valence-electron chi connectivity index (χ1n) is 22.1. The van der Waals surface area contributed by atoms with Crippen molar-refractivity contribution in [3.05, 3.63) is 241 Å². The number of carbonyl (C=O) groups is 1. The van der Waals surface area contributed by atoms with Gasteiger partial charge in [-0.3, -0.25) is 0 Å². The molecule has 0 unspecified atom stereocenters. The van der Waals surface area contributed by atoms with Crippen molar-refractivity contribution in [2.75, 3.05) is 25.1 Å². The summed E-state index contributed by atoms with van der Waals surface area (Å²) in [6.45, 7) is 23.7. The SMILES string of the molecule is CCc1ccc(OCCCN(C)c2c(C(C)C)cccc2C(C)C)c(-c2cccc(C(=O)OCc3ccccc3)c2O)c1.[CH2-]c1ccccc1.[CH2-]c1ccccc1.[CH2-]c1ccccc1.[Zr+4]. The van der Waals surface area contributed by atoms with Gasteiger partial charge >= 0.3 is 32.2 Å². The predicted molar refractivity (Wildman–Crippen MR) is 269 cm³/mol. The van der Waals surface area contributed by atoms with E-state index in [0.29, 0.717) is 29.8 Å². The Morgan fingerprint density at radius 2 is 1.08 bits per heavy atom. The van der Waals surface area contributed by atoms with E-state index < -0.39 is 5.97 Å². The number of nitrogens with zero attached hydrogens (tertiary/aromatic N) is 1. The molecule has 0 aliphatic rings. The number of esters is 1. The molecule has 1 N–H and O–H groups in total. The molecule has 0 amide bonds. The molecule has 7 aromatic carbocycles. The quantitative estimate of drug-likeness (QED) is 0.0709. The van der Waals surface area contributed by atoms with Gasteiger partial charge in [-0.2, -0.15) is 73.9 Å². The molecule has 5 nitrogen and oxygen atoms in total. The van der Waals surface area contributed by atoms with Gasteiger partial charge in [0.05, 0.1) is 6.61 Å². The van der Waals surface area contributed by atoms with Crippen molar-refractivity contribution in [1.29, 1.82) is 0 Å². The standard InChI is InChI=1S/C38H45NO4.3C7H7.Zr/c1-7-28-20-21-35(42-23-13-22-39(6)36-30(26(2)3)16-11-17-31(36)27(4)5)34(24-28)32-18-12-19-33(37(32)40)38(41)43-25-29-14-9-8-10-15-29;3*1-7-5-3-2-4-6-7;/h8-12,14-21,24,26-27,40H,7,13,22-23,25H2,1-6H3;3*2-6H,1H2;/q;3*-1;+4. The number of phenols is 1. The minimum absolute atomic E-state index is 0. The summed E-state index contributed by atoms with van der Waals surface area (Å²) in [4.78, 5) is 15.3. The number of rotatable bonds is 13. The Morgan fingerprint density at radius 3 is 1.52 bits per heavy atom. The molecule has 0 atom stereocenters. The third-order valence-electron chi connectivity index (χ3n) is 10.4. The van der Waals surface area contributed by atoms with Crippen molar-refractivity contribution in [3.8, 4) is 22.6 Å². The van der Waals surface area contributed by atoms with Crippen LogP contribution >= 0.6 is 0 Å². The van der Waals surface area contributed by atoms with E-state index in [4.69, 9.17) is 9.47 Å². The molecule has 0 heterocycles. The number of hydrogen-bond donors (Lipinski definition) is 1. The molecule has 0 aliphatic heterocycles. The molecule has 7 rings (SSSR count). The first kappa shape index (κ1) is 53.2. The maximum atomic E-state index is 12.9. The molecule has 0 radical (unpaired) electrons. The summed E-state index contributed by atoms with van der Waals surface area (Å²) in [5.74, 6) is 0.875. The van der Waals surface area contributed by atoms with Crippen molar-refractivity contribution in [2.24, 2.45) is 0 Å². The summed E-state index contributed by atoms with van der Waals surface area (Å²) >= 11 is 0. The number of phenolic OH excluding ortho intramolecular Hbond substituents is 1. The number of para-hydroxylation sites is 2. The monoisotopic (exact) mass is 942 g/mol. The molecular formula is C59H66NO4Zr+. The minimum atomic E-state index is -0.567. The predicted octanol–water partition coefficient (Wildman–Crippen LogP) is 14.7. The molecule has 0 bridgehead atoms. The van der Waals surface area contributed by atoms with Gasteiger partial charge in [-0.1, -0.05) is 120 Å². The molecule has 0 saturated carbocycles. The van der Waals surface area contributed by atoms with Gasteiger partial charge in [0.25, 0.3) is 0 Å². The number of ether oxygens (including phenoxy) is 2. The number of benzene rings is 7. The third-order valence-corrected chi connectivity index (χ3v) is 10.4. The van der Waals surface area contributed by atoms with Crippen LogP contribution in [0.15, 0.2) is 176 Å². The van der Waals surface area contributed by atoms with E-state index in [1.807, 2.05) is 146 Å². The molecule has 0 spiro atoms. The minimum Gasteiger partial charge on any atom is -0.506 e. The molecule has 0 aliphatic carbocycles. The van der Waals surface area contributed by atoms with E-state index >= 15 is 0 Å². The van der Waals surface area contributed by atoms with Gasteiger partial charge in [0.1, 0.15) is 23.7 Å². The fraction of sp³-hybridized carbons (Fsp3) is 0.220. The normalized spacial score (nSPS) is 10.2. The van der Waals surface area contributed by atoms with Gasteiger partial charge in [0.2, 0.25) is 0 Å². The van der Waals surface area contributed by atoms with Crippen molar-refractivity contribution in [1.82, 2.24) is 0 Å². The molecule has 0 fully saturated rings. The van der Waals surface area contributed by atoms with Crippen LogP contribution in [-0.2, 0) is 44.0 Å². The van der Waals surface area contributed by atoms with Crippen LogP contribution in [0.3, 0.4) is 0 Å². The number of aryl methyl sites for hydroxylation is 1. The van der Waals surface area contributed by atoms with Gasteiger partial charge in [0, 0.05) is 30.4 Å². The molecule has 0 aromatic heterocycles. The van der Waals surface area contributed by atoms with Crippen LogP contribution in [-0.4, -0.2) is 31.3 Å². The van der Waals surface area contributed by atoms with Crippen LogP contribution in [0.2, 0.25) is 0 Å². The van der Waals surface area contributed by atoms with Crippen LogP contribution in [0.1, 0.15) is 102 Å². The summed E-state index contributed by atoms with van der Waals surface area (Å²) in [7, 11) is 2.16. The van der Waals surface area contributed by atoms with Crippen molar-refractivity contribution in [3.63, 3.8) is 0 Å². The zero-order valence-corrected chi connectivity index (χ0v) is 41.6. The van der Waals surface area contributed by atoms with Gasteiger partial charge < -0.3 is 19.5 Å². The number of aromatic hydroxyl groups is 1. The van der Waals surface area contributed by atoms with Gasteiger partial charge in [-0.25, -0.2) is 4.79 Å². The average Bonchev–Trinajstić information content (AvgIpc) is 3.31. The molecule has 65 heavy (non-hydrogen) atoms. The zero-order valence-electron chi connectivity index (χ0n) is 39.2. The van der Waals surface area contributed by atoms with E-state index in [0.717, 1.165) is 52.8 Å². The average molecular weight is 944 g/mol. The van der Waals surface area contributed by atoms with Crippen LogP contribution < -0.4 is 9.64 Å². The van der Waals surface area contributed by atoms with Crippen molar-refractivity contribution in [2.45, 2.75) is 65.9 Å². The summed E-state index contributed by atoms with van der Waals surface area (Å²) in [5.41, 5.74) is 10.7. The Bertz CT molecular complexity index is 2290. The first-order chi connectivity index (χ1) is 30.9. The number of carbonyl (C=O) groups excluding carboxylic acids is 1. The molecule has 7 aromatic rings. The van der Waals surface area contributed by atoms with Crippen LogP contribution in [0, 0.1) is 20.8 Å². The van der Waals surface area contributed by atoms with Crippen LogP contribution in [0.5, 0.6) is 11.5 Å². The number of hydrogen-bond acceptors (Lipinski definition) is 5. The third kappa shape index (κ3) is 17.8. The Morgan fingerprint density at radius 1 is 0.600 bits per heavy atom. The van der Waals surface area contributed by atoms with Gasteiger partial charge in [-0.15, -0.1) is 36.4 Å². The Kier molecular flexibility index (Phi) is 23.5. The fourth-order valence-corrected chi connectivity index (χ4v) is 6.84. The second-order valence-corrected chi connectivity index (χ2v) is 16.1. The summed E-state index contributed by atoms with van der Waals surface area (Å²) < 4.78 is 11.9.